The van der Waals surface area contributed by atoms with Crippen LogP contribution in [0.5, 0.6) is 0 Å². The van der Waals surface area contributed by atoms with E-state index in [-0.39, 0.29) is 12.3 Å². The van der Waals surface area contributed by atoms with E-state index in [4.69, 9.17) is 9.57 Å². The third-order valence-electron chi connectivity index (χ3n) is 6.30. The summed E-state index contributed by atoms with van der Waals surface area (Å²) in [6.07, 6.45) is 0. The van der Waals surface area contributed by atoms with Crippen molar-refractivity contribution in [2.45, 2.75) is 39.1 Å². The number of ether oxygens (including phenoxy) is 1. The van der Waals surface area contributed by atoms with Crippen molar-refractivity contribution >= 4 is 56.9 Å². The first kappa shape index (κ1) is 28.6. The number of nitro groups is 1. The average Bonchev–Trinajstić information content (AvgIpc) is 3.24. The van der Waals surface area contributed by atoms with Crippen molar-refractivity contribution in [2.75, 3.05) is 12.4 Å². The third-order valence-corrected chi connectivity index (χ3v) is 7.26. The summed E-state index contributed by atoms with van der Waals surface area (Å²) in [5.41, 5.74) is 5.04. The Kier molecular flexibility index (Phi) is 8.69. The van der Waals surface area contributed by atoms with E-state index in [1.807, 2.05) is 50.2 Å². The molecule has 0 unspecified atom stereocenters. The van der Waals surface area contributed by atoms with Crippen molar-refractivity contribution in [1.29, 1.82) is 0 Å². The summed E-state index contributed by atoms with van der Waals surface area (Å²) in [7, 11) is 0. The maximum atomic E-state index is 11.7. The highest BCUT2D eigenvalue weighted by molar-refractivity contribution is 7.99. The number of esters is 1. The Morgan fingerprint density at radius 1 is 1.05 bits per heavy atom. The standard InChI is InChI=1S/C30H29N3O6S/c1-6-32-27-11-7-21(16-25(27)26-17-22(33(36)37)8-12-28(26)32)29(31-39-20(5)34)24-10-9-23(15-19(24)4)40-14-13-38-30(35)18(2)3/h7-12,15-17H,2,6,13-14H2,1,3-5H3. The third kappa shape index (κ3) is 6.07. The summed E-state index contributed by atoms with van der Waals surface area (Å²) < 4.78 is 7.26. The molecule has 0 bridgehead atoms. The van der Waals surface area contributed by atoms with Crippen molar-refractivity contribution in [2.24, 2.45) is 5.16 Å². The normalized spacial score (nSPS) is 11.6. The van der Waals surface area contributed by atoms with E-state index in [2.05, 4.69) is 16.3 Å². The van der Waals surface area contributed by atoms with E-state index < -0.39 is 16.9 Å². The summed E-state index contributed by atoms with van der Waals surface area (Å²) in [5, 5.41) is 17.3. The zero-order chi connectivity index (χ0) is 29.0. The predicted octanol–water partition coefficient (Wildman–Crippen LogP) is 6.56. The molecule has 0 aliphatic heterocycles. The van der Waals surface area contributed by atoms with Crippen molar-refractivity contribution in [3.8, 4) is 0 Å². The van der Waals surface area contributed by atoms with Gasteiger partial charge in [0.2, 0.25) is 0 Å². The van der Waals surface area contributed by atoms with Gasteiger partial charge < -0.3 is 14.1 Å². The van der Waals surface area contributed by atoms with E-state index in [0.29, 0.717) is 29.1 Å². The molecule has 0 aliphatic rings. The predicted molar refractivity (Wildman–Crippen MR) is 157 cm³/mol. The van der Waals surface area contributed by atoms with Gasteiger partial charge in [-0.05, 0) is 56.7 Å². The second kappa shape index (κ2) is 12.2. The highest BCUT2D eigenvalue weighted by Gasteiger charge is 2.18. The number of hydrogen-bond donors (Lipinski definition) is 0. The number of aromatic nitrogens is 1. The molecule has 0 spiro atoms. The van der Waals surface area contributed by atoms with Crippen molar-refractivity contribution < 1.29 is 24.1 Å². The Labute approximate surface area is 235 Å². The highest BCUT2D eigenvalue weighted by Crippen LogP contribution is 2.33. The van der Waals surface area contributed by atoms with Crippen LogP contribution in [0.25, 0.3) is 21.8 Å². The number of oxime groups is 1. The van der Waals surface area contributed by atoms with Gasteiger partial charge in [-0.15, -0.1) is 11.8 Å². The first-order valence-corrected chi connectivity index (χ1v) is 13.6. The number of rotatable bonds is 10. The Morgan fingerprint density at radius 3 is 2.38 bits per heavy atom. The lowest BCUT2D eigenvalue weighted by Crippen LogP contribution is -2.09. The number of fused-ring (bicyclic) bond motifs is 3. The van der Waals surface area contributed by atoms with E-state index in [1.54, 1.807) is 30.8 Å². The van der Waals surface area contributed by atoms with Crippen LogP contribution in [0, 0.1) is 17.0 Å². The van der Waals surface area contributed by atoms with Crippen LogP contribution < -0.4 is 0 Å². The Morgan fingerprint density at radius 2 is 1.75 bits per heavy atom. The molecule has 40 heavy (non-hydrogen) atoms. The molecule has 0 saturated carbocycles. The van der Waals surface area contributed by atoms with Crippen LogP contribution in [-0.2, 0) is 25.7 Å². The number of non-ortho nitro benzene ring substituents is 1. The average molecular weight is 560 g/mol. The number of hydrogen-bond acceptors (Lipinski definition) is 8. The van der Waals surface area contributed by atoms with Gasteiger partial charge in [0.15, 0.2) is 0 Å². The van der Waals surface area contributed by atoms with Gasteiger partial charge in [0, 0.05) is 74.8 Å². The van der Waals surface area contributed by atoms with E-state index in [9.17, 15) is 19.7 Å². The van der Waals surface area contributed by atoms with Crippen LogP contribution in [0.15, 0.2) is 76.8 Å². The van der Waals surface area contributed by atoms with Crippen LogP contribution in [0.1, 0.15) is 37.5 Å². The lowest BCUT2D eigenvalue weighted by molar-refractivity contribution is -0.384. The monoisotopic (exact) mass is 559 g/mol. The second-order valence-corrected chi connectivity index (χ2v) is 10.4. The maximum absolute atomic E-state index is 11.7. The molecule has 0 fully saturated rings. The molecule has 4 aromatic rings. The molecule has 0 N–H and O–H groups in total. The minimum Gasteiger partial charge on any atom is -0.461 e. The molecule has 0 atom stereocenters. The minimum atomic E-state index is -0.550. The fraction of sp³-hybridized carbons (Fsp3) is 0.233. The van der Waals surface area contributed by atoms with Gasteiger partial charge in [-0.25, -0.2) is 9.59 Å². The zero-order valence-electron chi connectivity index (χ0n) is 22.7. The van der Waals surface area contributed by atoms with Gasteiger partial charge in [0.05, 0.1) is 4.92 Å². The van der Waals surface area contributed by atoms with Gasteiger partial charge in [0.25, 0.3) is 5.69 Å². The number of carbonyl (C=O) groups excluding carboxylic acids is 2. The Hall–Kier alpha value is -4.44. The lowest BCUT2D eigenvalue weighted by Gasteiger charge is -2.12. The van der Waals surface area contributed by atoms with Gasteiger partial charge >= 0.3 is 11.9 Å². The molecular formula is C30H29N3O6S. The fourth-order valence-corrected chi connectivity index (χ4v) is 5.30. The van der Waals surface area contributed by atoms with Crippen LogP contribution in [0.3, 0.4) is 0 Å². The topological polar surface area (TPSA) is 113 Å². The van der Waals surface area contributed by atoms with Crippen LogP contribution in [0.2, 0.25) is 0 Å². The van der Waals surface area contributed by atoms with Crippen LogP contribution in [-0.4, -0.2) is 39.5 Å². The molecule has 0 aliphatic carbocycles. The summed E-state index contributed by atoms with van der Waals surface area (Å²) >= 11 is 1.55. The molecular weight excluding hydrogens is 530 g/mol. The summed E-state index contributed by atoms with van der Waals surface area (Å²) in [6, 6.07) is 16.5. The number of nitro benzene ring substituents is 1. The number of aryl methyl sites for hydroxylation is 2. The molecule has 206 valence electrons. The van der Waals surface area contributed by atoms with Gasteiger partial charge in [-0.2, -0.15) is 0 Å². The van der Waals surface area contributed by atoms with E-state index in [1.165, 1.54) is 13.0 Å². The van der Waals surface area contributed by atoms with Crippen LogP contribution >= 0.6 is 11.8 Å². The molecule has 1 aromatic heterocycles. The van der Waals surface area contributed by atoms with Crippen LogP contribution in [0.4, 0.5) is 5.69 Å². The highest BCUT2D eigenvalue weighted by atomic mass is 32.2. The fourth-order valence-electron chi connectivity index (χ4n) is 4.47. The Balaban J connectivity index is 1.73. The SMILES string of the molecule is C=C(C)C(=O)OCCSc1ccc(C(=NOC(C)=O)c2ccc3c(c2)c2cc([N+](=O)[O-])ccc2n3CC)c(C)c1. The smallest absolute Gasteiger partial charge is 0.333 e. The van der Waals surface area contributed by atoms with Gasteiger partial charge in [-0.1, -0.05) is 23.9 Å². The first-order chi connectivity index (χ1) is 19.1. The number of carbonyl (C=O) groups is 2. The molecule has 0 saturated heterocycles. The maximum Gasteiger partial charge on any atom is 0.333 e. The molecule has 10 heteroatoms. The summed E-state index contributed by atoms with van der Waals surface area (Å²) in [4.78, 5) is 40.4. The molecule has 0 radical (unpaired) electrons. The molecule has 4 rings (SSSR count). The van der Waals surface area contributed by atoms with E-state index in [0.717, 1.165) is 37.8 Å². The number of nitrogens with zero attached hydrogens (tertiary/aromatic N) is 3. The van der Waals surface area contributed by atoms with Gasteiger partial charge in [-0.3, -0.25) is 10.1 Å². The molecule has 9 nitrogen and oxygen atoms in total. The molecule has 1 heterocycles. The molecule has 3 aromatic carbocycles. The summed E-state index contributed by atoms with van der Waals surface area (Å²) in [5.74, 6) is -0.380. The van der Waals surface area contributed by atoms with Crippen molar-refractivity contribution in [3.63, 3.8) is 0 Å². The number of thioether (sulfide) groups is 1. The quantitative estimate of drug-likeness (QED) is 0.0316. The van der Waals surface area contributed by atoms with Crippen molar-refractivity contribution in [3.05, 3.63) is 93.6 Å². The number of benzene rings is 3. The Bertz CT molecular complexity index is 1690. The zero-order valence-corrected chi connectivity index (χ0v) is 23.5. The summed E-state index contributed by atoms with van der Waals surface area (Å²) in [6.45, 7) is 11.4. The first-order valence-electron chi connectivity index (χ1n) is 12.6. The van der Waals surface area contributed by atoms with E-state index >= 15 is 0 Å². The largest absolute Gasteiger partial charge is 0.461 e. The van der Waals surface area contributed by atoms with Gasteiger partial charge in [0.1, 0.15) is 12.3 Å². The van der Waals surface area contributed by atoms with Crippen molar-refractivity contribution in [1.82, 2.24) is 4.57 Å². The second-order valence-electron chi connectivity index (χ2n) is 9.20. The minimum absolute atomic E-state index is 0.0141. The molecule has 0 amide bonds. The lowest BCUT2D eigenvalue weighted by atomic mass is 9.97.